The fourth-order valence-corrected chi connectivity index (χ4v) is 8.42. The van der Waals surface area contributed by atoms with Crippen molar-refractivity contribution < 1.29 is 8.83 Å². The van der Waals surface area contributed by atoms with Crippen molar-refractivity contribution in [2.24, 2.45) is 0 Å². The Hall–Kier alpha value is -7.12. The van der Waals surface area contributed by atoms with Gasteiger partial charge in [-0.05, 0) is 84.3 Å². The second kappa shape index (κ2) is 9.99. The summed E-state index contributed by atoms with van der Waals surface area (Å²) >= 11 is 0. The Morgan fingerprint density at radius 1 is 0.558 bits per heavy atom. The summed E-state index contributed by atoms with van der Waals surface area (Å²) in [6, 6.07) is 36.1. The van der Waals surface area contributed by atoms with Crippen molar-refractivity contribution in [1.29, 1.82) is 0 Å². The number of fused-ring (bicyclic) bond motifs is 13. The van der Waals surface area contributed by atoms with E-state index in [0.29, 0.717) is 27.4 Å². The van der Waals surface area contributed by atoms with Gasteiger partial charge in [0.1, 0.15) is 22.3 Å². The third-order valence-electron chi connectivity index (χ3n) is 10.7. The van der Waals surface area contributed by atoms with E-state index in [1.54, 1.807) is 10.6 Å². The van der Waals surface area contributed by atoms with Gasteiger partial charge in [-0.2, -0.15) is 4.52 Å². The molecule has 5 heterocycles. The fourth-order valence-electron chi connectivity index (χ4n) is 8.42. The Morgan fingerprint density at radius 3 is 2.02 bits per heavy atom. The Balaban J connectivity index is 1.15. The summed E-state index contributed by atoms with van der Waals surface area (Å²) in [5.41, 5.74) is 9.93. The number of rotatable bonds is 4. The lowest BCUT2D eigenvalue weighted by Gasteiger charge is -2.11. The Morgan fingerprint density at radius 2 is 1.23 bits per heavy atom. The number of furan rings is 2. The highest BCUT2D eigenvalue weighted by Crippen LogP contribution is 2.39. The predicted molar refractivity (Wildman–Crippen MR) is 211 cm³/mol. The molecule has 7 heteroatoms. The minimum atomic E-state index is -0.367. The van der Waals surface area contributed by atoms with Gasteiger partial charge in [-0.25, -0.2) is 4.52 Å². The molecule has 0 radical (unpaired) electrons. The summed E-state index contributed by atoms with van der Waals surface area (Å²) in [5.74, 6) is 0. The molecule has 52 heavy (non-hydrogen) atoms. The van der Waals surface area contributed by atoms with Crippen molar-refractivity contribution in [3.8, 4) is 16.8 Å². The van der Waals surface area contributed by atoms with Crippen LogP contribution >= 0.6 is 0 Å². The SMILES string of the molecule is C=Cc1c(C=C)n(-c2ccc3c(c2)oc2ccccc23)c2cc(-c3cc(C)c4c(c3)c(=O)n3c(=O)c5ccc6c7ccccc7oc6c5n43)ccc12. The van der Waals surface area contributed by atoms with Crippen LogP contribution < -0.4 is 11.1 Å². The van der Waals surface area contributed by atoms with Gasteiger partial charge in [0.15, 0.2) is 5.58 Å². The standard InChI is InChI=1S/C45H27N3O4/c1-4-28-29-16-14-25(22-37(29)46(36(28)5-2)27-15-17-32-30-10-6-8-12-38(30)51-40(32)23-27)26-20-24(3)41-35(21-26)45(50)48-44(49)34-19-18-33-31-11-7-9-13-39(31)52-43(33)42(34)47(41)48/h4-23H,1-2H2,3H3. The molecule has 0 unspecified atom stereocenters. The number of nitrogens with zero attached hydrogens (tertiary/aromatic N) is 3. The molecule has 11 aromatic rings. The minimum absolute atomic E-state index is 0.364. The summed E-state index contributed by atoms with van der Waals surface area (Å²) in [4.78, 5) is 28.0. The highest BCUT2D eigenvalue weighted by atomic mass is 16.3. The van der Waals surface area contributed by atoms with Crippen LogP contribution in [0.15, 0.2) is 141 Å². The van der Waals surface area contributed by atoms with Crippen LogP contribution in [-0.2, 0) is 0 Å². The molecule has 0 saturated carbocycles. The molecule has 0 bridgehead atoms. The molecular formula is C45H27N3O4. The molecule has 6 aromatic carbocycles. The van der Waals surface area contributed by atoms with Crippen LogP contribution in [0.2, 0.25) is 0 Å². The highest BCUT2D eigenvalue weighted by Gasteiger charge is 2.24. The number of para-hydroxylation sites is 2. The van der Waals surface area contributed by atoms with E-state index in [2.05, 4.69) is 66.3 Å². The topological polar surface area (TPSA) is 74.2 Å². The molecule has 0 spiro atoms. The van der Waals surface area contributed by atoms with Crippen LogP contribution in [0.3, 0.4) is 0 Å². The quantitative estimate of drug-likeness (QED) is 0.186. The molecule has 0 atom stereocenters. The van der Waals surface area contributed by atoms with Crippen molar-refractivity contribution in [2.75, 3.05) is 0 Å². The zero-order valence-electron chi connectivity index (χ0n) is 27.9. The van der Waals surface area contributed by atoms with Crippen LogP contribution in [0.25, 0.3) is 106 Å². The maximum atomic E-state index is 14.1. The number of aryl methyl sites for hydroxylation is 1. The lowest BCUT2D eigenvalue weighted by atomic mass is 9.99. The van der Waals surface area contributed by atoms with Gasteiger partial charge in [0.05, 0.1) is 27.5 Å². The summed E-state index contributed by atoms with van der Waals surface area (Å²) in [7, 11) is 0. The van der Waals surface area contributed by atoms with Crippen molar-refractivity contribution in [3.63, 3.8) is 0 Å². The Bertz CT molecular complexity index is 3510. The van der Waals surface area contributed by atoms with Gasteiger partial charge in [-0.1, -0.05) is 67.8 Å². The Kier molecular flexibility index (Phi) is 5.51. The highest BCUT2D eigenvalue weighted by molar-refractivity contribution is 6.14. The van der Waals surface area contributed by atoms with Crippen molar-refractivity contribution in [2.45, 2.75) is 6.92 Å². The zero-order chi connectivity index (χ0) is 35.0. The first-order chi connectivity index (χ1) is 25.4. The summed E-state index contributed by atoms with van der Waals surface area (Å²) in [6.07, 6.45) is 3.72. The van der Waals surface area contributed by atoms with Crippen LogP contribution in [0.1, 0.15) is 16.8 Å². The smallest absolute Gasteiger partial charge is 0.282 e. The van der Waals surface area contributed by atoms with E-state index in [1.807, 2.05) is 73.7 Å². The zero-order valence-corrected chi connectivity index (χ0v) is 27.9. The number of benzene rings is 6. The first kappa shape index (κ1) is 28.7. The number of aromatic nitrogens is 3. The van der Waals surface area contributed by atoms with E-state index in [0.717, 1.165) is 82.8 Å². The molecule has 0 amide bonds. The normalized spacial score (nSPS) is 12.2. The predicted octanol–water partition coefficient (Wildman–Crippen LogP) is 10.5. The average Bonchev–Trinajstić information content (AvgIpc) is 3.95. The molecule has 0 aliphatic heterocycles. The maximum absolute atomic E-state index is 14.1. The van der Waals surface area contributed by atoms with E-state index >= 15 is 0 Å². The molecule has 0 saturated heterocycles. The van der Waals surface area contributed by atoms with Crippen LogP contribution in [0, 0.1) is 6.92 Å². The number of hydrogen-bond acceptors (Lipinski definition) is 4. The summed E-state index contributed by atoms with van der Waals surface area (Å²) in [6.45, 7) is 10.3. The lowest BCUT2D eigenvalue weighted by molar-refractivity contribution is 0.668. The van der Waals surface area contributed by atoms with E-state index in [1.165, 1.54) is 4.52 Å². The fraction of sp³-hybridized carbons (Fsp3) is 0.0222. The molecule has 7 nitrogen and oxygen atoms in total. The molecule has 0 aliphatic carbocycles. The maximum Gasteiger partial charge on any atom is 0.282 e. The minimum Gasteiger partial charge on any atom is -0.456 e. The third-order valence-corrected chi connectivity index (χ3v) is 10.7. The Labute approximate surface area is 294 Å². The van der Waals surface area contributed by atoms with Gasteiger partial charge >= 0.3 is 0 Å². The van der Waals surface area contributed by atoms with E-state index in [4.69, 9.17) is 8.83 Å². The average molecular weight is 674 g/mol. The molecule has 246 valence electrons. The van der Waals surface area contributed by atoms with Gasteiger partial charge in [0.2, 0.25) is 0 Å². The molecular weight excluding hydrogens is 647 g/mol. The van der Waals surface area contributed by atoms with E-state index < -0.39 is 0 Å². The van der Waals surface area contributed by atoms with Gasteiger partial charge in [0.25, 0.3) is 11.1 Å². The number of hydrogen-bond donors (Lipinski definition) is 0. The molecule has 0 N–H and O–H groups in total. The summed E-state index contributed by atoms with van der Waals surface area (Å²) in [5, 5.41) is 5.91. The van der Waals surface area contributed by atoms with Gasteiger partial charge in [0, 0.05) is 44.2 Å². The molecule has 0 fully saturated rings. The van der Waals surface area contributed by atoms with Gasteiger partial charge in [-0.15, -0.1) is 0 Å². The second-order valence-corrected chi connectivity index (χ2v) is 13.4. The molecule has 5 aromatic heterocycles. The van der Waals surface area contributed by atoms with Crippen LogP contribution in [0.5, 0.6) is 0 Å². The van der Waals surface area contributed by atoms with E-state index in [-0.39, 0.29) is 11.1 Å². The van der Waals surface area contributed by atoms with Gasteiger partial charge < -0.3 is 13.4 Å². The van der Waals surface area contributed by atoms with Crippen LogP contribution in [-0.4, -0.2) is 13.6 Å². The van der Waals surface area contributed by atoms with Crippen molar-refractivity contribution in [1.82, 2.24) is 13.6 Å². The second-order valence-electron chi connectivity index (χ2n) is 13.4. The van der Waals surface area contributed by atoms with Crippen molar-refractivity contribution >= 4 is 88.7 Å². The largest absolute Gasteiger partial charge is 0.456 e. The van der Waals surface area contributed by atoms with E-state index in [9.17, 15) is 9.59 Å². The van der Waals surface area contributed by atoms with Crippen molar-refractivity contribution in [3.05, 3.63) is 160 Å². The molecule has 11 rings (SSSR count). The molecule has 0 aliphatic rings. The first-order valence-electron chi connectivity index (χ1n) is 17.1. The monoisotopic (exact) mass is 673 g/mol. The third kappa shape index (κ3) is 3.53. The summed E-state index contributed by atoms with van der Waals surface area (Å²) < 4.78 is 17.8. The lowest BCUT2D eigenvalue weighted by Crippen LogP contribution is -2.21. The van der Waals surface area contributed by atoms with Crippen LogP contribution in [0.4, 0.5) is 0 Å². The van der Waals surface area contributed by atoms with Gasteiger partial charge in [-0.3, -0.25) is 9.59 Å². The first-order valence-corrected chi connectivity index (χ1v) is 17.1.